The van der Waals surface area contributed by atoms with Gasteiger partial charge in [0.05, 0.1) is 26.4 Å². The van der Waals surface area contributed by atoms with E-state index in [2.05, 4.69) is 41.5 Å². The molecule has 0 aromatic rings. The molecule has 0 aliphatic carbocycles. The van der Waals surface area contributed by atoms with Crippen LogP contribution in [0.1, 0.15) is 401 Å². The lowest BCUT2D eigenvalue weighted by Gasteiger charge is -2.21. The van der Waals surface area contributed by atoms with Crippen LogP contribution in [0, 0.1) is 11.8 Å². The Morgan fingerprint density at radius 1 is 0.302 bits per heavy atom. The van der Waals surface area contributed by atoms with E-state index in [4.69, 9.17) is 37.0 Å². The van der Waals surface area contributed by atoms with Gasteiger partial charge in [-0.2, -0.15) is 0 Å². The van der Waals surface area contributed by atoms with E-state index in [9.17, 15) is 43.2 Å². The number of carbonyl (C=O) groups is 4. The Hall–Kier alpha value is -1.94. The van der Waals surface area contributed by atoms with Gasteiger partial charge >= 0.3 is 39.5 Å². The fraction of sp³-hybridized carbons (Fsp3) is 0.948. The van der Waals surface area contributed by atoms with Gasteiger partial charge in [0, 0.05) is 25.7 Å². The lowest BCUT2D eigenvalue weighted by molar-refractivity contribution is -0.161. The monoisotopic (exact) mass is 1410 g/mol. The zero-order chi connectivity index (χ0) is 70.7. The van der Waals surface area contributed by atoms with Gasteiger partial charge in [0.15, 0.2) is 12.2 Å². The fourth-order valence-corrected chi connectivity index (χ4v) is 13.4. The quantitative estimate of drug-likeness (QED) is 0.0222. The Bertz CT molecular complexity index is 1860. The van der Waals surface area contributed by atoms with Crippen LogP contribution in [0.15, 0.2) is 0 Å². The maximum atomic E-state index is 13.1. The lowest BCUT2D eigenvalue weighted by Crippen LogP contribution is -2.30. The van der Waals surface area contributed by atoms with Crippen molar-refractivity contribution in [3.8, 4) is 0 Å². The van der Waals surface area contributed by atoms with Gasteiger partial charge in [-0.3, -0.25) is 37.3 Å². The number of ether oxygens (including phenoxy) is 4. The van der Waals surface area contributed by atoms with E-state index in [0.29, 0.717) is 25.7 Å². The summed E-state index contributed by atoms with van der Waals surface area (Å²) in [5.41, 5.74) is 0. The van der Waals surface area contributed by atoms with Gasteiger partial charge in [-0.05, 0) is 37.5 Å². The molecule has 0 aromatic heterocycles. The molecule has 6 atom stereocenters. The Morgan fingerprint density at radius 2 is 0.531 bits per heavy atom. The van der Waals surface area contributed by atoms with E-state index < -0.39 is 97.5 Å². The van der Waals surface area contributed by atoms with Crippen LogP contribution < -0.4 is 0 Å². The Labute approximate surface area is 588 Å². The summed E-state index contributed by atoms with van der Waals surface area (Å²) in [5, 5.41) is 10.6. The largest absolute Gasteiger partial charge is 0.472 e. The van der Waals surface area contributed by atoms with Crippen LogP contribution in [0.2, 0.25) is 0 Å². The SMILES string of the molecule is CCCCCCCCCCCCCCCCCCCCC(=O)O[C@H](COC(=O)CCCCCCCCCCCCC(C)CC)COP(=O)(O)OC[C@@H](O)COP(=O)(O)OC[C@@H](COC(=O)CCCCCCCCCCC(C)C)OC(=O)CCCCCCCCCCCCCCC. The normalized spacial score (nSPS) is 14.3. The van der Waals surface area contributed by atoms with Crippen molar-refractivity contribution in [2.24, 2.45) is 11.8 Å². The maximum Gasteiger partial charge on any atom is 0.472 e. The van der Waals surface area contributed by atoms with Crippen molar-refractivity contribution in [1.29, 1.82) is 0 Å². The summed E-state index contributed by atoms with van der Waals surface area (Å²) in [6.07, 6.45) is 56.8. The molecule has 0 heterocycles. The van der Waals surface area contributed by atoms with E-state index in [1.165, 1.54) is 218 Å². The van der Waals surface area contributed by atoms with Gasteiger partial charge in [0.25, 0.3) is 0 Å². The van der Waals surface area contributed by atoms with Gasteiger partial charge < -0.3 is 33.8 Å². The second-order valence-corrected chi connectivity index (χ2v) is 31.4. The molecule has 0 spiro atoms. The predicted octanol–water partition coefficient (Wildman–Crippen LogP) is 22.7. The molecule has 96 heavy (non-hydrogen) atoms. The summed E-state index contributed by atoms with van der Waals surface area (Å²) in [5.74, 6) is -0.577. The highest BCUT2D eigenvalue weighted by Crippen LogP contribution is 2.45. The third kappa shape index (κ3) is 69.2. The average molecular weight is 1410 g/mol. The molecule has 3 N–H and O–H groups in total. The minimum absolute atomic E-state index is 0.107. The Balaban J connectivity index is 5.25. The van der Waals surface area contributed by atoms with Gasteiger partial charge in [0.1, 0.15) is 19.3 Å². The molecule has 0 aromatic carbocycles. The molecule has 0 bridgehead atoms. The minimum Gasteiger partial charge on any atom is -0.462 e. The van der Waals surface area contributed by atoms with Crippen molar-refractivity contribution in [3.05, 3.63) is 0 Å². The maximum absolute atomic E-state index is 13.1. The molecular formula is C77H150O17P2. The smallest absolute Gasteiger partial charge is 0.462 e. The van der Waals surface area contributed by atoms with Gasteiger partial charge in [0.2, 0.25) is 0 Å². The zero-order valence-electron chi connectivity index (χ0n) is 62.7. The number of hydrogen-bond acceptors (Lipinski definition) is 15. The third-order valence-corrected chi connectivity index (χ3v) is 20.2. The van der Waals surface area contributed by atoms with Crippen molar-refractivity contribution in [1.82, 2.24) is 0 Å². The van der Waals surface area contributed by atoms with E-state index in [1.54, 1.807) is 0 Å². The molecule has 0 fully saturated rings. The Morgan fingerprint density at radius 3 is 0.792 bits per heavy atom. The highest BCUT2D eigenvalue weighted by Gasteiger charge is 2.30. The molecule has 0 amide bonds. The molecule has 0 aliphatic heterocycles. The number of aliphatic hydroxyl groups is 1. The summed E-state index contributed by atoms with van der Waals surface area (Å²) in [7, 11) is -9.91. The molecule has 17 nitrogen and oxygen atoms in total. The van der Waals surface area contributed by atoms with Crippen molar-refractivity contribution in [2.45, 2.75) is 419 Å². The number of carbonyl (C=O) groups excluding carboxylic acids is 4. The van der Waals surface area contributed by atoms with Crippen LogP contribution in [0.25, 0.3) is 0 Å². The van der Waals surface area contributed by atoms with Gasteiger partial charge in [-0.25, -0.2) is 9.13 Å². The van der Waals surface area contributed by atoms with Crippen LogP contribution in [-0.4, -0.2) is 96.7 Å². The molecule has 0 saturated heterocycles. The van der Waals surface area contributed by atoms with Crippen LogP contribution >= 0.6 is 15.6 Å². The lowest BCUT2D eigenvalue weighted by atomic mass is 9.99. The zero-order valence-corrected chi connectivity index (χ0v) is 64.5. The molecule has 0 aliphatic rings. The molecule has 0 saturated carbocycles. The highest BCUT2D eigenvalue weighted by atomic mass is 31.2. The first-order chi connectivity index (χ1) is 46.4. The van der Waals surface area contributed by atoms with Crippen molar-refractivity contribution in [2.75, 3.05) is 39.6 Å². The first-order valence-electron chi connectivity index (χ1n) is 40.0. The fourth-order valence-electron chi connectivity index (χ4n) is 11.8. The molecule has 0 radical (unpaired) electrons. The van der Waals surface area contributed by atoms with Crippen molar-refractivity contribution < 1.29 is 80.2 Å². The number of rotatable bonds is 76. The predicted molar refractivity (Wildman–Crippen MR) is 391 cm³/mol. The first kappa shape index (κ1) is 94.1. The van der Waals surface area contributed by atoms with Crippen molar-refractivity contribution in [3.63, 3.8) is 0 Å². The van der Waals surface area contributed by atoms with Crippen molar-refractivity contribution >= 4 is 39.5 Å². The van der Waals surface area contributed by atoms with Crippen LogP contribution in [0.4, 0.5) is 0 Å². The summed E-state index contributed by atoms with van der Waals surface area (Å²) in [6, 6.07) is 0. The minimum atomic E-state index is -4.96. The van der Waals surface area contributed by atoms with E-state index in [0.717, 1.165) is 102 Å². The molecule has 570 valence electrons. The second-order valence-electron chi connectivity index (χ2n) is 28.5. The number of esters is 4. The van der Waals surface area contributed by atoms with Crippen LogP contribution in [-0.2, 0) is 65.4 Å². The van der Waals surface area contributed by atoms with E-state index >= 15 is 0 Å². The number of aliphatic hydroxyl groups excluding tert-OH is 1. The standard InChI is InChI=1S/C77H150O17P2/c1-7-10-12-14-16-18-20-22-23-24-25-26-28-30-36-44-50-56-62-77(82)93-72(65-87-74(79)59-53-47-41-34-32-31-33-40-46-52-58-70(6)9-3)67-91-95(83,84)89-63-71(78)64-90-96(85,86)92-68-73(66-88-75(80)60-54-48-42-38-37-39-45-51-57-69(4)5)94-76(81)61-55-49-43-35-29-27-21-19-17-15-13-11-8-2/h69-73,78H,7-68H2,1-6H3,(H,83,84)(H,85,86)/t70?,71-,72-,73-/m1/s1. The highest BCUT2D eigenvalue weighted by molar-refractivity contribution is 7.47. The summed E-state index contributed by atoms with van der Waals surface area (Å²) in [6.45, 7) is 9.60. The summed E-state index contributed by atoms with van der Waals surface area (Å²) in [4.78, 5) is 72.9. The van der Waals surface area contributed by atoms with Crippen LogP contribution in [0.3, 0.4) is 0 Å². The number of unbranched alkanes of at least 4 members (excludes halogenated alkanes) is 45. The second kappa shape index (κ2) is 68.8. The van der Waals surface area contributed by atoms with E-state index in [-0.39, 0.29) is 25.7 Å². The first-order valence-corrected chi connectivity index (χ1v) is 43.0. The van der Waals surface area contributed by atoms with Crippen LogP contribution in [0.5, 0.6) is 0 Å². The van der Waals surface area contributed by atoms with Gasteiger partial charge in [-0.15, -0.1) is 0 Å². The molecule has 0 rings (SSSR count). The summed E-state index contributed by atoms with van der Waals surface area (Å²) >= 11 is 0. The molecular weight excluding hydrogens is 1260 g/mol. The van der Waals surface area contributed by atoms with E-state index in [1.807, 2.05) is 0 Å². The third-order valence-electron chi connectivity index (χ3n) is 18.3. The summed E-state index contributed by atoms with van der Waals surface area (Å²) < 4.78 is 68.6. The number of phosphoric acid groups is 2. The Kier molecular flexibility index (Phi) is 67.4. The number of phosphoric ester groups is 2. The van der Waals surface area contributed by atoms with Gasteiger partial charge in [-0.1, -0.05) is 350 Å². The molecule has 3 unspecified atom stereocenters. The topological polar surface area (TPSA) is 237 Å². The average Bonchev–Trinajstić information content (AvgIpc) is 1.33. The molecule has 19 heteroatoms. The number of hydrogen-bond donors (Lipinski definition) is 3.